The summed E-state index contributed by atoms with van der Waals surface area (Å²) in [6.45, 7) is 1.56. The fourth-order valence-corrected chi connectivity index (χ4v) is 1.88. The fraction of sp³-hybridized carbons (Fsp3) is 0.333. The molecule has 0 atom stereocenters. The molecule has 0 saturated carbocycles. The molecule has 1 aliphatic heterocycles. The number of carbonyl (C=O) groups excluding carboxylic acids is 2. The first kappa shape index (κ1) is 11.4. The van der Waals surface area contributed by atoms with Gasteiger partial charge in [-0.25, -0.2) is 4.79 Å². The zero-order valence-corrected chi connectivity index (χ0v) is 9.60. The van der Waals surface area contributed by atoms with E-state index in [0.29, 0.717) is 18.7 Å². The summed E-state index contributed by atoms with van der Waals surface area (Å²) >= 11 is 0. The third-order valence-corrected chi connectivity index (χ3v) is 2.69. The summed E-state index contributed by atoms with van der Waals surface area (Å²) in [5, 5.41) is 2.75. The molecule has 5 heteroatoms. The van der Waals surface area contributed by atoms with E-state index < -0.39 is 0 Å². The number of amides is 1. The van der Waals surface area contributed by atoms with Crippen molar-refractivity contribution in [3.8, 4) is 0 Å². The van der Waals surface area contributed by atoms with Gasteiger partial charge in [-0.1, -0.05) is 12.1 Å². The molecular formula is C12H14N2O3. The second kappa shape index (κ2) is 4.86. The zero-order chi connectivity index (χ0) is 12.3. The average molecular weight is 234 g/mol. The van der Waals surface area contributed by atoms with E-state index >= 15 is 0 Å². The zero-order valence-electron chi connectivity index (χ0n) is 9.60. The highest BCUT2D eigenvalue weighted by molar-refractivity contribution is 5.96. The minimum atomic E-state index is -0.383. The summed E-state index contributed by atoms with van der Waals surface area (Å²) < 4.78 is 4.73. The largest absolute Gasteiger partial charge is 0.465 e. The summed E-state index contributed by atoms with van der Waals surface area (Å²) in [5.74, 6) is -0.414. The minimum Gasteiger partial charge on any atom is -0.465 e. The number of para-hydroxylation sites is 1. The Bertz CT molecular complexity index is 445. The normalized spacial score (nSPS) is 15.4. The topological polar surface area (TPSA) is 58.6 Å². The summed E-state index contributed by atoms with van der Waals surface area (Å²) in [5.41, 5.74) is 1.24. The smallest absolute Gasteiger partial charge is 0.339 e. The molecule has 1 aromatic rings. The third kappa shape index (κ3) is 2.38. The number of ether oxygens (including phenoxy) is 1. The summed E-state index contributed by atoms with van der Waals surface area (Å²) in [7, 11) is 1.35. The van der Waals surface area contributed by atoms with Gasteiger partial charge in [0.2, 0.25) is 5.91 Å². The summed E-state index contributed by atoms with van der Waals surface area (Å²) in [6, 6.07) is 7.15. The van der Waals surface area contributed by atoms with Crippen LogP contribution in [0.1, 0.15) is 10.4 Å². The van der Waals surface area contributed by atoms with Crippen molar-refractivity contribution in [1.29, 1.82) is 0 Å². The Morgan fingerprint density at radius 3 is 2.88 bits per heavy atom. The van der Waals surface area contributed by atoms with Crippen LogP contribution in [0.3, 0.4) is 0 Å². The van der Waals surface area contributed by atoms with Crippen molar-refractivity contribution < 1.29 is 14.3 Å². The van der Waals surface area contributed by atoms with Gasteiger partial charge in [0, 0.05) is 13.1 Å². The Balaban J connectivity index is 2.30. The molecule has 1 fully saturated rings. The highest BCUT2D eigenvalue weighted by atomic mass is 16.5. The third-order valence-electron chi connectivity index (χ3n) is 2.69. The molecule has 1 saturated heterocycles. The van der Waals surface area contributed by atoms with E-state index in [2.05, 4.69) is 5.32 Å². The number of hydrogen-bond donors (Lipinski definition) is 1. The predicted octanol–water partition coefficient (Wildman–Crippen LogP) is 0.409. The second-order valence-electron chi connectivity index (χ2n) is 3.78. The van der Waals surface area contributed by atoms with E-state index in [1.165, 1.54) is 7.11 Å². The van der Waals surface area contributed by atoms with Gasteiger partial charge in [-0.15, -0.1) is 0 Å². The molecule has 1 heterocycles. The second-order valence-corrected chi connectivity index (χ2v) is 3.78. The van der Waals surface area contributed by atoms with Crippen LogP contribution in [0.4, 0.5) is 5.69 Å². The van der Waals surface area contributed by atoms with Crippen LogP contribution in [0.15, 0.2) is 24.3 Å². The lowest BCUT2D eigenvalue weighted by Crippen LogP contribution is -2.48. The average Bonchev–Trinajstić information content (AvgIpc) is 2.38. The number of nitrogens with zero attached hydrogens (tertiary/aromatic N) is 1. The van der Waals surface area contributed by atoms with Gasteiger partial charge in [0.15, 0.2) is 0 Å². The number of methoxy groups -OCH3 is 1. The lowest BCUT2D eigenvalue weighted by molar-refractivity contribution is -0.120. The standard InChI is InChI=1S/C12H14N2O3/c1-17-12(16)9-4-2-3-5-10(9)14-7-6-13-11(15)8-14/h2-5H,6-8H2,1H3,(H,13,15). The molecular weight excluding hydrogens is 220 g/mol. The molecule has 2 rings (SSSR count). The number of hydrogen-bond acceptors (Lipinski definition) is 4. The van der Waals surface area contributed by atoms with Gasteiger partial charge in [0.05, 0.1) is 24.9 Å². The maximum atomic E-state index is 11.6. The van der Waals surface area contributed by atoms with E-state index in [1.54, 1.807) is 12.1 Å². The first-order chi connectivity index (χ1) is 8.22. The Morgan fingerprint density at radius 1 is 1.41 bits per heavy atom. The monoisotopic (exact) mass is 234 g/mol. The van der Waals surface area contributed by atoms with Gasteiger partial charge in [0.1, 0.15) is 0 Å². The van der Waals surface area contributed by atoms with Crippen LogP contribution in [0.2, 0.25) is 0 Å². The molecule has 0 radical (unpaired) electrons. The number of piperazine rings is 1. The van der Waals surface area contributed by atoms with E-state index in [-0.39, 0.29) is 18.4 Å². The molecule has 0 spiro atoms. The van der Waals surface area contributed by atoms with Crippen molar-refractivity contribution >= 4 is 17.6 Å². The van der Waals surface area contributed by atoms with Gasteiger partial charge >= 0.3 is 5.97 Å². The SMILES string of the molecule is COC(=O)c1ccccc1N1CCNC(=O)C1. The predicted molar refractivity (Wildman–Crippen MR) is 63.0 cm³/mol. The number of benzene rings is 1. The first-order valence-corrected chi connectivity index (χ1v) is 5.41. The molecule has 1 N–H and O–H groups in total. The van der Waals surface area contributed by atoms with Crippen LogP contribution in [-0.2, 0) is 9.53 Å². The van der Waals surface area contributed by atoms with Crippen LogP contribution in [0, 0.1) is 0 Å². The molecule has 17 heavy (non-hydrogen) atoms. The summed E-state index contributed by atoms with van der Waals surface area (Å²) in [4.78, 5) is 24.8. The molecule has 0 bridgehead atoms. The van der Waals surface area contributed by atoms with Crippen LogP contribution < -0.4 is 10.2 Å². The molecule has 0 aliphatic carbocycles. The molecule has 1 amide bonds. The minimum absolute atomic E-state index is 0.0316. The molecule has 5 nitrogen and oxygen atoms in total. The summed E-state index contributed by atoms with van der Waals surface area (Å²) in [6.07, 6.45) is 0. The van der Waals surface area contributed by atoms with Gasteiger partial charge in [-0.2, -0.15) is 0 Å². The number of nitrogens with one attached hydrogen (secondary N) is 1. The van der Waals surface area contributed by atoms with E-state index in [1.807, 2.05) is 17.0 Å². The molecule has 1 aromatic carbocycles. The maximum Gasteiger partial charge on any atom is 0.339 e. The Kier molecular flexibility index (Phi) is 3.27. The fourth-order valence-electron chi connectivity index (χ4n) is 1.88. The molecule has 1 aliphatic rings. The number of carbonyl (C=O) groups is 2. The number of esters is 1. The Morgan fingerprint density at radius 2 is 2.18 bits per heavy atom. The van der Waals surface area contributed by atoms with Crippen LogP contribution in [0.25, 0.3) is 0 Å². The van der Waals surface area contributed by atoms with E-state index in [9.17, 15) is 9.59 Å². The van der Waals surface area contributed by atoms with Crippen molar-refractivity contribution in [2.45, 2.75) is 0 Å². The van der Waals surface area contributed by atoms with Crippen molar-refractivity contribution in [3.63, 3.8) is 0 Å². The van der Waals surface area contributed by atoms with Crippen molar-refractivity contribution in [2.24, 2.45) is 0 Å². The highest BCUT2D eigenvalue weighted by Crippen LogP contribution is 2.21. The van der Waals surface area contributed by atoms with E-state index in [4.69, 9.17) is 4.74 Å². The van der Waals surface area contributed by atoms with Gasteiger partial charge < -0.3 is 15.0 Å². The van der Waals surface area contributed by atoms with Crippen LogP contribution >= 0.6 is 0 Å². The van der Waals surface area contributed by atoms with Crippen LogP contribution in [-0.4, -0.2) is 38.6 Å². The van der Waals surface area contributed by atoms with Gasteiger partial charge in [-0.05, 0) is 12.1 Å². The maximum absolute atomic E-state index is 11.6. The number of rotatable bonds is 2. The number of anilines is 1. The molecule has 90 valence electrons. The van der Waals surface area contributed by atoms with Crippen LogP contribution in [0.5, 0.6) is 0 Å². The van der Waals surface area contributed by atoms with Crippen molar-refractivity contribution in [1.82, 2.24) is 5.32 Å². The Labute approximate surface area is 99.4 Å². The quantitative estimate of drug-likeness (QED) is 0.753. The lowest BCUT2D eigenvalue weighted by atomic mass is 10.1. The molecule has 0 aromatic heterocycles. The highest BCUT2D eigenvalue weighted by Gasteiger charge is 2.21. The van der Waals surface area contributed by atoms with Gasteiger partial charge in [0.25, 0.3) is 0 Å². The first-order valence-electron chi connectivity index (χ1n) is 5.41. The molecule has 0 unspecified atom stereocenters. The van der Waals surface area contributed by atoms with E-state index in [0.717, 1.165) is 5.69 Å². The lowest BCUT2D eigenvalue weighted by Gasteiger charge is -2.29. The van der Waals surface area contributed by atoms with Crippen molar-refractivity contribution in [3.05, 3.63) is 29.8 Å². The van der Waals surface area contributed by atoms with Crippen molar-refractivity contribution in [2.75, 3.05) is 31.6 Å². The Hall–Kier alpha value is -2.04. The van der Waals surface area contributed by atoms with Gasteiger partial charge in [-0.3, -0.25) is 4.79 Å².